The first-order valence-electron chi connectivity index (χ1n) is 14.5. The number of rotatable bonds is 5. The second kappa shape index (κ2) is 9.94. The molecule has 1 aliphatic heterocycles. The fourth-order valence-electron chi connectivity index (χ4n) is 6.62. The van der Waals surface area contributed by atoms with Gasteiger partial charge in [0, 0.05) is 33.6 Å². The van der Waals surface area contributed by atoms with Gasteiger partial charge >= 0.3 is 0 Å². The highest BCUT2D eigenvalue weighted by Crippen LogP contribution is 2.46. The lowest BCUT2D eigenvalue weighted by Gasteiger charge is -2.32. The lowest BCUT2D eigenvalue weighted by Crippen LogP contribution is -2.18. The number of fused-ring (bicyclic) bond motifs is 3. The van der Waals surface area contributed by atoms with Crippen molar-refractivity contribution in [1.29, 1.82) is 0 Å². The maximum atomic E-state index is 6.36. The van der Waals surface area contributed by atoms with Crippen molar-refractivity contribution in [3.8, 4) is 22.6 Å². The number of benzene rings is 4. The molecule has 0 radical (unpaired) electrons. The van der Waals surface area contributed by atoms with Crippen LogP contribution in [0.4, 0.5) is 0 Å². The molecular formula is C40H29NO. The van der Waals surface area contributed by atoms with Crippen LogP contribution < -0.4 is 4.74 Å². The van der Waals surface area contributed by atoms with Gasteiger partial charge in [0.2, 0.25) is 0 Å². The Morgan fingerprint density at radius 3 is 2.57 bits per heavy atom. The summed E-state index contributed by atoms with van der Waals surface area (Å²) in [6.45, 7) is 4.27. The van der Waals surface area contributed by atoms with E-state index in [2.05, 4.69) is 151 Å². The summed E-state index contributed by atoms with van der Waals surface area (Å²) in [5.74, 6) is 2.29. The van der Waals surface area contributed by atoms with E-state index in [0.29, 0.717) is 5.92 Å². The minimum atomic E-state index is 0.386. The molecule has 42 heavy (non-hydrogen) atoms. The van der Waals surface area contributed by atoms with Crippen LogP contribution in [-0.2, 0) is 0 Å². The van der Waals surface area contributed by atoms with Crippen LogP contribution in [0.1, 0.15) is 28.8 Å². The predicted molar refractivity (Wildman–Crippen MR) is 176 cm³/mol. The molecule has 0 saturated heterocycles. The van der Waals surface area contributed by atoms with Crippen LogP contribution in [0.3, 0.4) is 0 Å². The fraction of sp³-hybridized carbons (Fsp3) is 0.0500. The Kier molecular flexibility index (Phi) is 5.79. The molecule has 0 spiro atoms. The van der Waals surface area contributed by atoms with Crippen LogP contribution in [0.5, 0.6) is 5.75 Å². The number of aromatic nitrogens is 1. The molecule has 2 heteroatoms. The highest BCUT2D eigenvalue weighted by Gasteiger charge is 2.30. The largest absolute Gasteiger partial charge is 0.456 e. The number of hydrogen-bond donors (Lipinski definition) is 0. The SMILES string of the molecule is C=Cc1c(/C=C/c2ccc3c(c2)C2=C4C(=CC=CC4CC=C2)O3)c2ccccc2n1-c1ccccc1-c1ccccc1. The van der Waals surface area contributed by atoms with Crippen molar-refractivity contribution in [3.63, 3.8) is 0 Å². The van der Waals surface area contributed by atoms with Crippen LogP contribution in [0, 0.1) is 5.92 Å². The Bertz CT molecular complexity index is 2040. The standard InChI is InChI=1S/C40H29NO/c1-2-35-32(24-22-27-23-25-38-34(26-27)33-18-10-14-29-15-11-21-39(42-38)40(29)33)31-17-7-9-20-37(31)41(35)36-19-8-6-16-30(36)28-12-4-3-5-13-28/h2-13,15-26,29H,1,14H2/b24-22+. The van der Waals surface area contributed by atoms with E-state index in [4.69, 9.17) is 4.74 Å². The molecule has 5 aromatic rings. The zero-order valence-electron chi connectivity index (χ0n) is 23.2. The monoisotopic (exact) mass is 539 g/mol. The summed E-state index contributed by atoms with van der Waals surface area (Å²) in [6, 6.07) is 34.3. The van der Waals surface area contributed by atoms with Gasteiger partial charge in [-0.05, 0) is 59.5 Å². The van der Waals surface area contributed by atoms with Crippen LogP contribution in [0.25, 0.3) is 51.5 Å². The third kappa shape index (κ3) is 3.88. The number of hydrogen-bond acceptors (Lipinski definition) is 1. The molecule has 2 heterocycles. The summed E-state index contributed by atoms with van der Waals surface area (Å²) < 4.78 is 8.70. The quantitative estimate of drug-likeness (QED) is 0.217. The number of ether oxygens (including phenoxy) is 1. The molecule has 0 fully saturated rings. The van der Waals surface area contributed by atoms with Gasteiger partial charge in [0.15, 0.2) is 0 Å². The minimum absolute atomic E-state index is 0.386. The molecule has 0 N–H and O–H groups in total. The maximum absolute atomic E-state index is 6.36. The summed E-state index contributed by atoms with van der Waals surface area (Å²) in [5, 5.41) is 1.19. The summed E-state index contributed by atoms with van der Waals surface area (Å²) >= 11 is 0. The Labute approximate surface area is 246 Å². The first-order chi connectivity index (χ1) is 20.8. The van der Waals surface area contributed by atoms with E-state index in [-0.39, 0.29) is 0 Å². The molecule has 1 aromatic heterocycles. The summed E-state index contributed by atoms with van der Waals surface area (Å²) in [7, 11) is 0. The topological polar surface area (TPSA) is 14.2 Å². The molecule has 0 bridgehead atoms. The van der Waals surface area contributed by atoms with Gasteiger partial charge in [-0.3, -0.25) is 0 Å². The smallest absolute Gasteiger partial charge is 0.135 e. The van der Waals surface area contributed by atoms with Crippen molar-refractivity contribution >= 4 is 34.7 Å². The zero-order chi connectivity index (χ0) is 28.0. The van der Waals surface area contributed by atoms with E-state index in [1.807, 2.05) is 6.08 Å². The van der Waals surface area contributed by atoms with Gasteiger partial charge in [-0.25, -0.2) is 0 Å². The van der Waals surface area contributed by atoms with Crippen LogP contribution in [0.2, 0.25) is 0 Å². The maximum Gasteiger partial charge on any atom is 0.135 e. The third-order valence-corrected chi connectivity index (χ3v) is 8.52. The van der Waals surface area contributed by atoms with Crippen LogP contribution >= 0.6 is 0 Å². The molecule has 2 aliphatic carbocycles. The van der Waals surface area contributed by atoms with Crippen molar-refractivity contribution in [3.05, 3.63) is 168 Å². The highest BCUT2D eigenvalue weighted by molar-refractivity contribution is 5.98. The van der Waals surface area contributed by atoms with Crippen LogP contribution in [-0.4, -0.2) is 4.57 Å². The van der Waals surface area contributed by atoms with E-state index in [1.165, 1.54) is 27.7 Å². The van der Waals surface area contributed by atoms with Gasteiger partial charge in [-0.2, -0.15) is 0 Å². The van der Waals surface area contributed by atoms with Gasteiger partial charge < -0.3 is 9.30 Å². The summed E-state index contributed by atoms with van der Waals surface area (Å²) in [6.07, 6.45) is 18.5. The molecule has 8 rings (SSSR count). The lowest BCUT2D eigenvalue weighted by atomic mass is 9.79. The minimum Gasteiger partial charge on any atom is -0.456 e. The van der Waals surface area contributed by atoms with Crippen molar-refractivity contribution in [2.45, 2.75) is 6.42 Å². The van der Waals surface area contributed by atoms with Crippen LogP contribution in [0.15, 0.2) is 145 Å². The first-order valence-corrected chi connectivity index (χ1v) is 14.5. The average Bonchev–Trinajstić information content (AvgIpc) is 3.37. The zero-order valence-corrected chi connectivity index (χ0v) is 23.2. The highest BCUT2D eigenvalue weighted by atomic mass is 16.5. The normalized spacial score (nSPS) is 16.8. The van der Waals surface area contributed by atoms with Gasteiger partial charge in [-0.1, -0.05) is 116 Å². The Hall–Kier alpha value is -5.34. The molecule has 2 nitrogen and oxygen atoms in total. The molecule has 3 aliphatic rings. The molecular weight excluding hydrogens is 510 g/mol. The van der Waals surface area contributed by atoms with E-state index in [0.717, 1.165) is 51.5 Å². The second-order valence-corrected chi connectivity index (χ2v) is 10.9. The second-order valence-electron chi connectivity index (χ2n) is 10.9. The van der Waals surface area contributed by atoms with E-state index in [9.17, 15) is 0 Å². The molecule has 200 valence electrons. The molecule has 0 amide bonds. The lowest BCUT2D eigenvalue weighted by molar-refractivity contribution is 0.415. The Balaban J connectivity index is 1.25. The predicted octanol–water partition coefficient (Wildman–Crippen LogP) is 10.3. The fourth-order valence-corrected chi connectivity index (χ4v) is 6.62. The summed E-state index contributed by atoms with van der Waals surface area (Å²) in [5.41, 5.74) is 11.8. The van der Waals surface area contributed by atoms with Crippen molar-refractivity contribution in [1.82, 2.24) is 4.57 Å². The summed E-state index contributed by atoms with van der Waals surface area (Å²) in [4.78, 5) is 0. The molecule has 1 atom stereocenters. The van der Waals surface area contributed by atoms with Gasteiger partial charge in [0.1, 0.15) is 11.5 Å². The number of allylic oxidation sites excluding steroid dienone is 7. The third-order valence-electron chi connectivity index (χ3n) is 8.52. The Morgan fingerprint density at radius 1 is 0.833 bits per heavy atom. The average molecular weight is 540 g/mol. The van der Waals surface area contributed by atoms with Crippen molar-refractivity contribution in [2.75, 3.05) is 0 Å². The molecule has 4 aromatic carbocycles. The molecule has 0 saturated carbocycles. The van der Waals surface area contributed by atoms with E-state index >= 15 is 0 Å². The van der Waals surface area contributed by atoms with Crippen molar-refractivity contribution < 1.29 is 4.74 Å². The first kappa shape index (κ1) is 24.5. The van der Waals surface area contributed by atoms with Gasteiger partial charge in [-0.15, -0.1) is 0 Å². The van der Waals surface area contributed by atoms with Gasteiger partial charge in [0.05, 0.1) is 16.9 Å². The van der Waals surface area contributed by atoms with Gasteiger partial charge in [0.25, 0.3) is 0 Å². The molecule has 1 unspecified atom stereocenters. The van der Waals surface area contributed by atoms with Crippen molar-refractivity contribution in [2.24, 2.45) is 5.92 Å². The number of nitrogens with zero attached hydrogens (tertiary/aromatic N) is 1. The van der Waals surface area contributed by atoms with E-state index in [1.54, 1.807) is 0 Å². The van der Waals surface area contributed by atoms with E-state index < -0.39 is 0 Å². The Morgan fingerprint density at radius 2 is 1.67 bits per heavy atom. The number of para-hydroxylation sites is 2.